The van der Waals surface area contributed by atoms with E-state index >= 15 is 0 Å². The van der Waals surface area contributed by atoms with Gasteiger partial charge in [0.15, 0.2) is 0 Å². The van der Waals surface area contributed by atoms with Gasteiger partial charge in [0.1, 0.15) is 12.0 Å². The number of hydrogen-bond donors (Lipinski definition) is 0. The van der Waals surface area contributed by atoms with Crippen LogP contribution in [0.3, 0.4) is 0 Å². The van der Waals surface area contributed by atoms with Crippen molar-refractivity contribution in [2.24, 2.45) is 0 Å². The molecule has 0 aliphatic heterocycles. The lowest BCUT2D eigenvalue weighted by molar-refractivity contribution is -0.108. The monoisotopic (exact) mass is 221 g/mol. The molecule has 0 amide bonds. The van der Waals surface area contributed by atoms with Crippen LogP contribution in [0.1, 0.15) is 18.1 Å². The first-order chi connectivity index (χ1) is 7.71. The molecular weight excluding hydrogens is 202 g/mol. The van der Waals surface area contributed by atoms with Crippen molar-refractivity contribution in [3.63, 3.8) is 0 Å². The molecule has 0 unspecified atom stereocenters. The van der Waals surface area contributed by atoms with E-state index in [-0.39, 0.29) is 0 Å². The standard InChI is InChI=1S/C13H19NO2/c1-4-11-5-6-13(16-3)12(9-11)10-14(2)7-8-15/h5-6,8-9H,4,7,10H2,1-3H3. The van der Waals surface area contributed by atoms with E-state index in [4.69, 9.17) is 4.74 Å². The van der Waals surface area contributed by atoms with Crippen LogP contribution in [-0.2, 0) is 17.8 Å². The van der Waals surface area contributed by atoms with Gasteiger partial charge in [-0.25, -0.2) is 0 Å². The molecule has 0 fully saturated rings. The summed E-state index contributed by atoms with van der Waals surface area (Å²) in [6.07, 6.45) is 1.92. The first kappa shape index (κ1) is 12.7. The van der Waals surface area contributed by atoms with Crippen LogP contribution in [0.15, 0.2) is 18.2 Å². The lowest BCUT2D eigenvalue weighted by Gasteiger charge is -2.16. The first-order valence-electron chi connectivity index (χ1n) is 5.49. The molecule has 0 saturated carbocycles. The number of aryl methyl sites for hydroxylation is 1. The molecular formula is C13H19NO2. The third-order valence-electron chi connectivity index (χ3n) is 2.58. The molecule has 1 aromatic rings. The molecule has 0 aliphatic rings. The van der Waals surface area contributed by atoms with Gasteiger partial charge in [0.05, 0.1) is 13.7 Å². The summed E-state index contributed by atoms with van der Waals surface area (Å²) in [6, 6.07) is 6.20. The summed E-state index contributed by atoms with van der Waals surface area (Å²) in [7, 11) is 3.59. The maximum absolute atomic E-state index is 10.4. The summed E-state index contributed by atoms with van der Waals surface area (Å²) in [4.78, 5) is 12.4. The summed E-state index contributed by atoms with van der Waals surface area (Å²) in [5.41, 5.74) is 2.42. The zero-order valence-electron chi connectivity index (χ0n) is 10.2. The van der Waals surface area contributed by atoms with E-state index in [1.54, 1.807) is 7.11 Å². The van der Waals surface area contributed by atoms with Crippen molar-refractivity contribution in [1.29, 1.82) is 0 Å². The van der Waals surface area contributed by atoms with E-state index in [9.17, 15) is 4.79 Å². The number of carbonyl (C=O) groups is 1. The summed E-state index contributed by atoms with van der Waals surface area (Å²) < 4.78 is 5.31. The highest BCUT2D eigenvalue weighted by Gasteiger charge is 2.06. The number of hydrogen-bond acceptors (Lipinski definition) is 3. The van der Waals surface area contributed by atoms with Gasteiger partial charge in [-0.15, -0.1) is 0 Å². The Labute approximate surface area is 97.0 Å². The quantitative estimate of drug-likeness (QED) is 0.687. The van der Waals surface area contributed by atoms with Gasteiger partial charge in [0.2, 0.25) is 0 Å². The molecule has 0 saturated heterocycles. The number of aldehydes is 1. The number of nitrogens with zero attached hydrogens (tertiary/aromatic N) is 1. The lowest BCUT2D eigenvalue weighted by atomic mass is 10.1. The zero-order valence-corrected chi connectivity index (χ0v) is 10.2. The van der Waals surface area contributed by atoms with Crippen molar-refractivity contribution in [2.75, 3.05) is 20.7 Å². The summed E-state index contributed by atoms with van der Waals surface area (Å²) >= 11 is 0. The maximum atomic E-state index is 10.4. The van der Waals surface area contributed by atoms with Gasteiger partial charge < -0.3 is 9.53 Å². The smallest absolute Gasteiger partial charge is 0.133 e. The average Bonchev–Trinajstić information content (AvgIpc) is 2.29. The minimum atomic E-state index is 0.444. The van der Waals surface area contributed by atoms with Crippen LogP contribution in [0.2, 0.25) is 0 Å². The highest BCUT2D eigenvalue weighted by molar-refractivity contribution is 5.52. The Balaban J connectivity index is 2.86. The third-order valence-corrected chi connectivity index (χ3v) is 2.58. The number of carbonyl (C=O) groups excluding carboxylic acids is 1. The Kier molecular flexibility index (Phi) is 4.99. The van der Waals surface area contributed by atoms with Gasteiger partial charge in [-0.2, -0.15) is 0 Å². The van der Waals surface area contributed by atoms with Crippen LogP contribution in [0, 0.1) is 0 Å². The minimum Gasteiger partial charge on any atom is -0.496 e. The average molecular weight is 221 g/mol. The van der Waals surface area contributed by atoms with Crippen LogP contribution in [-0.4, -0.2) is 31.9 Å². The molecule has 88 valence electrons. The normalized spacial score (nSPS) is 10.5. The molecule has 0 radical (unpaired) electrons. The van der Waals surface area contributed by atoms with Crippen molar-refractivity contribution < 1.29 is 9.53 Å². The SMILES string of the molecule is CCc1ccc(OC)c(CN(C)CC=O)c1. The molecule has 0 N–H and O–H groups in total. The van der Waals surface area contributed by atoms with Crippen LogP contribution in [0.25, 0.3) is 0 Å². The first-order valence-corrected chi connectivity index (χ1v) is 5.49. The molecule has 0 atom stereocenters. The third kappa shape index (κ3) is 3.35. The van der Waals surface area contributed by atoms with Crippen LogP contribution >= 0.6 is 0 Å². The van der Waals surface area contributed by atoms with Crippen molar-refractivity contribution in [1.82, 2.24) is 4.90 Å². The number of rotatable bonds is 6. The van der Waals surface area contributed by atoms with Gasteiger partial charge in [-0.3, -0.25) is 4.90 Å². The molecule has 3 nitrogen and oxygen atoms in total. The Bertz CT molecular complexity index is 350. The molecule has 0 heterocycles. The summed E-state index contributed by atoms with van der Waals surface area (Å²) in [5, 5.41) is 0. The number of benzene rings is 1. The predicted molar refractivity (Wildman–Crippen MR) is 64.8 cm³/mol. The topological polar surface area (TPSA) is 29.5 Å². The van der Waals surface area contributed by atoms with Gasteiger partial charge in [-0.05, 0) is 25.1 Å². The van der Waals surface area contributed by atoms with E-state index in [1.165, 1.54) is 5.56 Å². The van der Waals surface area contributed by atoms with E-state index in [0.29, 0.717) is 6.54 Å². The van der Waals surface area contributed by atoms with Crippen LogP contribution in [0.5, 0.6) is 5.75 Å². The molecule has 1 rings (SSSR count). The molecule has 0 aromatic heterocycles. The Morgan fingerprint density at radius 1 is 1.44 bits per heavy atom. The number of ether oxygens (including phenoxy) is 1. The second kappa shape index (κ2) is 6.28. The maximum Gasteiger partial charge on any atom is 0.133 e. The largest absolute Gasteiger partial charge is 0.496 e. The van der Waals surface area contributed by atoms with Crippen LogP contribution in [0.4, 0.5) is 0 Å². The Morgan fingerprint density at radius 3 is 2.75 bits per heavy atom. The van der Waals surface area contributed by atoms with Gasteiger partial charge >= 0.3 is 0 Å². The molecule has 0 spiro atoms. The lowest BCUT2D eigenvalue weighted by Crippen LogP contribution is -2.20. The molecule has 16 heavy (non-hydrogen) atoms. The highest BCUT2D eigenvalue weighted by atomic mass is 16.5. The van der Waals surface area contributed by atoms with Gasteiger partial charge in [0, 0.05) is 12.1 Å². The molecule has 0 aliphatic carbocycles. The van der Waals surface area contributed by atoms with Crippen molar-refractivity contribution >= 4 is 6.29 Å². The van der Waals surface area contributed by atoms with Crippen molar-refractivity contribution in [2.45, 2.75) is 19.9 Å². The summed E-state index contributed by atoms with van der Waals surface area (Å²) in [6.45, 7) is 3.30. The fourth-order valence-electron chi connectivity index (χ4n) is 1.66. The summed E-state index contributed by atoms with van der Waals surface area (Å²) in [5.74, 6) is 0.884. The molecule has 3 heteroatoms. The van der Waals surface area contributed by atoms with Gasteiger partial charge in [0.25, 0.3) is 0 Å². The van der Waals surface area contributed by atoms with E-state index in [0.717, 1.165) is 30.6 Å². The number of likely N-dealkylation sites (N-methyl/N-ethyl adjacent to an activating group) is 1. The van der Waals surface area contributed by atoms with Crippen LogP contribution < -0.4 is 4.74 Å². The fourth-order valence-corrected chi connectivity index (χ4v) is 1.66. The molecule has 1 aromatic carbocycles. The minimum absolute atomic E-state index is 0.444. The Morgan fingerprint density at radius 2 is 2.19 bits per heavy atom. The van der Waals surface area contributed by atoms with E-state index < -0.39 is 0 Å². The predicted octanol–water partition coefficient (Wildman–Crippen LogP) is 1.89. The second-order valence-corrected chi connectivity index (χ2v) is 3.86. The fraction of sp³-hybridized carbons (Fsp3) is 0.462. The van der Waals surface area contributed by atoms with E-state index in [1.807, 2.05) is 18.0 Å². The van der Waals surface area contributed by atoms with Gasteiger partial charge in [-0.1, -0.05) is 19.1 Å². The second-order valence-electron chi connectivity index (χ2n) is 3.86. The Hall–Kier alpha value is -1.35. The van der Waals surface area contributed by atoms with Crippen molar-refractivity contribution in [3.8, 4) is 5.75 Å². The van der Waals surface area contributed by atoms with E-state index in [2.05, 4.69) is 19.1 Å². The highest BCUT2D eigenvalue weighted by Crippen LogP contribution is 2.21. The number of methoxy groups -OCH3 is 1. The zero-order chi connectivity index (χ0) is 12.0. The molecule has 0 bridgehead atoms. The van der Waals surface area contributed by atoms with Crippen molar-refractivity contribution in [3.05, 3.63) is 29.3 Å².